The first-order valence-corrected chi connectivity index (χ1v) is 14.1. The summed E-state index contributed by atoms with van der Waals surface area (Å²) in [5, 5.41) is 21.5. The van der Waals surface area contributed by atoms with Crippen molar-refractivity contribution in [3.05, 3.63) is 83.4 Å². The molecule has 3 N–H and O–H groups in total. The maximum atomic E-state index is 13.4. The number of carboxylic acid groups (broad SMARTS) is 2. The Morgan fingerprint density at radius 2 is 1.65 bits per heavy atom. The monoisotopic (exact) mass is 583 g/mol. The number of nitrogens with one attached hydrogen (secondary N) is 1. The number of nitrogens with zero attached hydrogens (tertiary/aromatic N) is 2. The Bertz CT molecular complexity index is 1680. The minimum absolute atomic E-state index is 0.251. The third kappa shape index (κ3) is 6.38. The second-order valence-electron chi connectivity index (χ2n) is 10.5. The first-order valence-electron chi connectivity index (χ1n) is 14.1. The van der Waals surface area contributed by atoms with Crippen molar-refractivity contribution in [3.63, 3.8) is 0 Å². The van der Waals surface area contributed by atoms with Crippen molar-refractivity contribution in [3.8, 4) is 22.9 Å². The van der Waals surface area contributed by atoms with Crippen LogP contribution in [0.25, 0.3) is 28.5 Å². The number of carbonyl (C=O) groups excluding carboxylic acids is 1. The zero-order chi connectivity index (χ0) is 30.5. The van der Waals surface area contributed by atoms with Gasteiger partial charge < -0.3 is 29.6 Å². The van der Waals surface area contributed by atoms with Crippen molar-refractivity contribution in [1.29, 1.82) is 0 Å². The number of aliphatic carboxylic acids is 2. The highest BCUT2D eigenvalue weighted by molar-refractivity contribution is 6.00. The number of aromatic nitrogens is 2. The van der Waals surface area contributed by atoms with Crippen molar-refractivity contribution in [2.75, 3.05) is 14.2 Å². The fourth-order valence-electron chi connectivity index (χ4n) is 5.60. The van der Waals surface area contributed by atoms with Gasteiger partial charge in [0.25, 0.3) is 5.91 Å². The predicted molar refractivity (Wildman–Crippen MR) is 161 cm³/mol. The molecule has 1 aliphatic carbocycles. The number of benzene rings is 3. The van der Waals surface area contributed by atoms with Crippen molar-refractivity contribution in [2.24, 2.45) is 0 Å². The largest absolute Gasteiger partial charge is 0.493 e. The van der Waals surface area contributed by atoms with E-state index in [9.17, 15) is 19.5 Å². The highest BCUT2D eigenvalue weighted by atomic mass is 16.5. The first kappa shape index (κ1) is 29.4. The van der Waals surface area contributed by atoms with Gasteiger partial charge in [-0.3, -0.25) is 4.79 Å². The number of hydrogen-bond acceptors (Lipinski definition) is 6. The summed E-state index contributed by atoms with van der Waals surface area (Å²) in [5.74, 6) is -1.21. The molecule has 1 heterocycles. The number of rotatable bonds is 10. The molecule has 10 heteroatoms. The van der Waals surface area contributed by atoms with Gasteiger partial charge in [0.05, 0.1) is 25.3 Å². The highest BCUT2D eigenvalue weighted by Crippen LogP contribution is 2.36. The minimum Gasteiger partial charge on any atom is -0.493 e. The Morgan fingerprint density at radius 1 is 0.930 bits per heavy atom. The lowest BCUT2D eigenvalue weighted by Crippen LogP contribution is -2.33. The van der Waals surface area contributed by atoms with E-state index in [0.29, 0.717) is 22.6 Å². The molecule has 3 aromatic carbocycles. The van der Waals surface area contributed by atoms with Crippen LogP contribution in [-0.2, 0) is 9.59 Å². The lowest BCUT2D eigenvalue weighted by molar-refractivity contribution is -0.139. The first-order chi connectivity index (χ1) is 20.8. The summed E-state index contributed by atoms with van der Waals surface area (Å²) in [6.45, 7) is 0. The summed E-state index contributed by atoms with van der Waals surface area (Å²) in [7, 11) is 2.94. The summed E-state index contributed by atoms with van der Waals surface area (Å²) in [6, 6.07) is 16.4. The maximum absolute atomic E-state index is 13.4. The molecule has 1 fully saturated rings. The van der Waals surface area contributed by atoms with Crippen LogP contribution in [0.15, 0.2) is 66.7 Å². The van der Waals surface area contributed by atoms with E-state index in [1.165, 1.54) is 32.8 Å². The number of carbonyl (C=O) groups is 3. The van der Waals surface area contributed by atoms with Crippen molar-refractivity contribution in [1.82, 2.24) is 14.9 Å². The van der Waals surface area contributed by atoms with E-state index in [1.807, 2.05) is 30.3 Å². The average molecular weight is 584 g/mol. The van der Waals surface area contributed by atoms with Gasteiger partial charge in [0.1, 0.15) is 5.82 Å². The third-order valence-corrected chi connectivity index (χ3v) is 7.74. The molecule has 0 spiro atoms. The molecule has 5 rings (SSSR count). The Kier molecular flexibility index (Phi) is 8.75. The van der Waals surface area contributed by atoms with Crippen molar-refractivity contribution in [2.45, 2.75) is 44.2 Å². The van der Waals surface area contributed by atoms with Gasteiger partial charge in [-0.05, 0) is 60.4 Å². The van der Waals surface area contributed by atoms with Crippen molar-refractivity contribution >= 4 is 35.0 Å². The molecule has 0 bridgehead atoms. The van der Waals surface area contributed by atoms with E-state index < -0.39 is 23.9 Å². The zero-order valence-electron chi connectivity index (χ0n) is 23.9. The molecular formula is C33H33N3O7. The van der Waals surface area contributed by atoms with Gasteiger partial charge in [0.2, 0.25) is 0 Å². The Hall–Kier alpha value is -5.12. The average Bonchev–Trinajstić information content (AvgIpc) is 3.41. The number of fused-ring (bicyclic) bond motifs is 1. The van der Waals surface area contributed by atoms with Gasteiger partial charge in [0.15, 0.2) is 17.5 Å². The van der Waals surface area contributed by atoms with Gasteiger partial charge in [0, 0.05) is 23.2 Å². The summed E-state index contributed by atoms with van der Waals surface area (Å²) in [6.07, 6.45) is 8.11. The molecule has 1 amide bonds. The lowest BCUT2D eigenvalue weighted by Gasteiger charge is -2.25. The van der Waals surface area contributed by atoms with E-state index in [4.69, 9.17) is 19.6 Å². The van der Waals surface area contributed by atoms with E-state index in [2.05, 4.69) is 9.88 Å². The molecule has 0 radical (unpaired) electrons. The normalized spacial score (nSPS) is 14.5. The van der Waals surface area contributed by atoms with E-state index >= 15 is 0 Å². The van der Waals surface area contributed by atoms with Crippen LogP contribution in [0, 0.1) is 0 Å². The maximum Gasteiger partial charge on any atom is 0.330 e. The van der Waals surface area contributed by atoms with Gasteiger partial charge >= 0.3 is 11.9 Å². The highest BCUT2D eigenvalue weighted by Gasteiger charge is 2.26. The molecular weight excluding hydrogens is 550 g/mol. The Labute approximate surface area is 248 Å². The standard InChI is InChI=1S/C33H33N3O7/c1-42-27-16-14-22(19-28(27)43-2)30(33(40)41)35-32(39)23-13-15-26-25(18-23)34-31(36(26)24-6-4-3-5-7-24)21-11-8-20(9-12-21)10-17-29(37)38/h8-19,24,30H,3-7H2,1-2H3,(H,35,39)(H,37,38)(H,40,41)/b17-10+. The molecule has 1 aliphatic rings. The van der Waals surface area contributed by atoms with E-state index in [1.54, 1.807) is 24.3 Å². The second-order valence-corrected chi connectivity index (χ2v) is 10.5. The molecule has 1 saturated carbocycles. The van der Waals surface area contributed by atoms with Gasteiger partial charge in [-0.25, -0.2) is 14.6 Å². The quantitative estimate of drug-likeness (QED) is 0.197. The smallest absolute Gasteiger partial charge is 0.330 e. The minimum atomic E-state index is -1.31. The summed E-state index contributed by atoms with van der Waals surface area (Å²) in [4.78, 5) is 41.4. The fourth-order valence-corrected chi connectivity index (χ4v) is 5.60. The van der Waals surface area contributed by atoms with E-state index in [-0.39, 0.29) is 11.6 Å². The molecule has 43 heavy (non-hydrogen) atoms. The van der Waals surface area contributed by atoms with Crippen LogP contribution in [0.1, 0.15) is 65.7 Å². The molecule has 0 saturated heterocycles. The second kappa shape index (κ2) is 12.8. The topological polar surface area (TPSA) is 140 Å². The van der Waals surface area contributed by atoms with Gasteiger partial charge in [-0.2, -0.15) is 0 Å². The predicted octanol–water partition coefficient (Wildman–Crippen LogP) is 5.88. The molecule has 10 nitrogen and oxygen atoms in total. The zero-order valence-corrected chi connectivity index (χ0v) is 23.9. The lowest BCUT2D eigenvalue weighted by atomic mass is 9.94. The van der Waals surface area contributed by atoms with Gasteiger partial charge in [-0.1, -0.05) is 49.6 Å². The number of carboxylic acids is 2. The Balaban J connectivity index is 1.49. The Morgan fingerprint density at radius 3 is 2.30 bits per heavy atom. The molecule has 222 valence electrons. The van der Waals surface area contributed by atoms with Crippen LogP contribution in [-0.4, -0.2) is 51.8 Å². The summed E-state index contributed by atoms with van der Waals surface area (Å²) in [5.41, 5.74) is 3.77. The SMILES string of the molecule is COc1ccc(C(NC(=O)c2ccc3c(c2)nc(-c2ccc(/C=C/C(=O)O)cc2)n3C2CCCCC2)C(=O)O)cc1OC. The molecule has 1 unspecified atom stereocenters. The molecule has 1 atom stereocenters. The summed E-state index contributed by atoms with van der Waals surface area (Å²) < 4.78 is 12.8. The molecule has 4 aromatic rings. The van der Waals surface area contributed by atoms with Crippen LogP contribution >= 0.6 is 0 Å². The number of imidazole rings is 1. The molecule has 0 aliphatic heterocycles. The van der Waals surface area contributed by atoms with Crippen LogP contribution in [0.2, 0.25) is 0 Å². The van der Waals surface area contributed by atoms with Crippen LogP contribution in [0.5, 0.6) is 11.5 Å². The number of hydrogen-bond donors (Lipinski definition) is 3. The number of methoxy groups -OCH3 is 2. The van der Waals surface area contributed by atoms with Crippen LogP contribution in [0.4, 0.5) is 0 Å². The summed E-state index contributed by atoms with van der Waals surface area (Å²) >= 11 is 0. The van der Waals surface area contributed by atoms with E-state index in [0.717, 1.165) is 54.2 Å². The van der Waals surface area contributed by atoms with Crippen LogP contribution in [0.3, 0.4) is 0 Å². The number of ether oxygens (including phenoxy) is 2. The van der Waals surface area contributed by atoms with Crippen molar-refractivity contribution < 1.29 is 34.1 Å². The fraction of sp³-hybridized carbons (Fsp3) is 0.273. The third-order valence-electron chi connectivity index (χ3n) is 7.74. The van der Waals surface area contributed by atoms with Gasteiger partial charge in [-0.15, -0.1) is 0 Å². The molecule has 1 aromatic heterocycles. The van der Waals surface area contributed by atoms with Crippen LogP contribution < -0.4 is 14.8 Å². The number of amides is 1.